The van der Waals surface area contributed by atoms with E-state index in [0.29, 0.717) is 28.0 Å². The number of halogens is 1. The molecule has 0 saturated heterocycles. The lowest BCUT2D eigenvalue weighted by Crippen LogP contribution is -2.11. The first-order valence-corrected chi connectivity index (χ1v) is 8.59. The van der Waals surface area contributed by atoms with E-state index < -0.39 is 5.97 Å². The number of esters is 1. The molecule has 6 nitrogen and oxygen atoms in total. The number of pyridine rings is 1. The number of ether oxygens (including phenoxy) is 1. The van der Waals surface area contributed by atoms with Crippen LogP contribution in [0.4, 0.5) is 0 Å². The average Bonchev–Trinajstić information content (AvgIpc) is 3.34. The topological polar surface area (TPSA) is 70.2 Å². The summed E-state index contributed by atoms with van der Waals surface area (Å²) in [6.45, 7) is 0.363. The average molecular weight is 374 g/mol. The first kappa shape index (κ1) is 15.9. The molecule has 4 aromatic heterocycles. The zero-order chi connectivity index (χ0) is 17.4. The summed E-state index contributed by atoms with van der Waals surface area (Å²) in [5, 5.41) is 4.11. The third-order valence-electron chi connectivity index (χ3n) is 3.76. The van der Waals surface area contributed by atoms with Crippen molar-refractivity contribution >= 4 is 39.9 Å². The second-order valence-corrected chi connectivity index (χ2v) is 7.02. The normalized spacial score (nSPS) is 11.1. The van der Waals surface area contributed by atoms with E-state index >= 15 is 0 Å². The summed E-state index contributed by atoms with van der Waals surface area (Å²) in [4.78, 5) is 17.3. The fourth-order valence-corrected chi connectivity index (χ4v) is 3.63. The Hall–Kier alpha value is -2.64. The minimum absolute atomic E-state index is 0.363. The molecule has 0 fully saturated rings. The van der Waals surface area contributed by atoms with Gasteiger partial charge in [0.15, 0.2) is 5.76 Å². The van der Waals surface area contributed by atoms with Crippen molar-refractivity contribution in [2.24, 2.45) is 0 Å². The minimum Gasteiger partial charge on any atom is -0.464 e. The summed E-state index contributed by atoms with van der Waals surface area (Å²) >= 11 is 7.38. The lowest BCUT2D eigenvalue weighted by Gasteiger charge is -2.06. The van der Waals surface area contributed by atoms with E-state index in [1.807, 2.05) is 34.9 Å². The molecule has 0 aliphatic rings. The Bertz CT molecular complexity index is 1070. The molecule has 0 atom stereocenters. The van der Waals surface area contributed by atoms with Crippen molar-refractivity contribution < 1.29 is 14.1 Å². The number of carbonyl (C=O) groups is 1. The molecule has 126 valence electrons. The Morgan fingerprint density at radius 3 is 3.00 bits per heavy atom. The Balaban J connectivity index is 1.73. The predicted octanol–water partition coefficient (Wildman–Crippen LogP) is 4.24. The van der Waals surface area contributed by atoms with Crippen molar-refractivity contribution in [1.82, 2.24) is 14.7 Å². The smallest absolute Gasteiger partial charge is 0.354 e. The number of methoxy groups -OCH3 is 1. The van der Waals surface area contributed by atoms with E-state index in [0.717, 1.165) is 15.9 Å². The molecule has 0 aliphatic carbocycles. The monoisotopic (exact) mass is 373 g/mol. The van der Waals surface area contributed by atoms with Crippen LogP contribution in [-0.2, 0) is 11.3 Å². The van der Waals surface area contributed by atoms with Crippen molar-refractivity contribution in [3.05, 3.63) is 58.3 Å². The molecule has 0 spiro atoms. The Labute approximate surface area is 151 Å². The highest BCUT2D eigenvalue weighted by Gasteiger charge is 2.18. The predicted molar refractivity (Wildman–Crippen MR) is 95.0 cm³/mol. The van der Waals surface area contributed by atoms with Gasteiger partial charge in [-0.05, 0) is 30.3 Å². The number of rotatable bonds is 4. The van der Waals surface area contributed by atoms with E-state index in [9.17, 15) is 4.79 Å². The van der Waals surface area contributed by atoms with Gasteiger partial charge in [-0.3, -0.25) is 4.98 Å². The number of thiophene rings is 1. The molecule has 0 unspecified atom stereocenters. The van der Waals surface area contributed by atoms with Crippen LogP contribution in [0.15, 0.2) is 47.1 Å². The molecule has 0 N–H and O–H groups in total. The SMILES string of the molecule is COC(=O)c1cc2ncccc2n1Cc1cc(-c2ccc(Cl)s2)on1. The summed E-state index contributed by atoms with van der Waals surface area (Å²) in [7, 11) is 1.35. The van der Waals surface area contributed by atoms with Crippen molar-refractivity contribution in [2.75, 3.05) is 7.11 Å². The third-order valence-corrected chi connectivity index (χ3v) is 5.01. The highest BCUT2D eigenvalue weighted by molar-refractivity contribution is 7.19. The van der Waals surface area contributed by atoms with Crippen LogP contribution in [0.3, 0.4) is 0 Å². The van der Waals surface area contributed by atoms with Gasteiger partial charge in [-0.25, -0.2) is 4.79 Å². The van der Waals surface area contributed by atoms with E-state index in [2.05, 4.69) is 10.1 Å². The number of aromatic nitrogens is 3. The number of hydrogen-bond donors (Lipinski definition) is 0. The Morgan fingerprint density at radius 1 is 1.36 bits per heavy atom. The Morgan fingerprint density at radius 2 is 2.24 bits per heavy atom. The van der Waals surface area contributed by atoms with Crippen LogP contribution in [0.25, 0.3) is 21.7 Å². The maximum atomic E-state index is 12.1. The molecule has 25 heavy (non-hydrogen) atoms. The first-order chi connectivity index (χ1) is 12.2. The van der Waals surface area contributed by atoms with Gasteiger partial charge >= 0.3 is 5.97 Å². The number of carbonyl (C=O) groups excluding carboxylic acids is 1. The lowest BCUT2D eigenvalue weighted by molar-refractivity contribution is 0.0589. The van der Waals surface area contributed by atoms with Crippen molar-refractivity contribution in [1.29, 1.82) is 0 Å². The van der Waals surface area contributed by atoms with Gasteiger partial charge in [0.05, 0.1) is 33.9 Å². The largest absolute Gasteiger partial charge is 0.464 e. The minimum atomic E-state index is -0.424. The first-order valence-electron chi connectivity index (χ1n) is 7.39. The molecule has 0 bridgehead atoms. The summed E-state index contributed by atoms with van der Waals surface area (Å²) in [5.74, 6) is 0.216. The molecular formula is C17H12ClN3O3S. The second-order valence-electron chi connectivity index (χ2n) is 5.30. The van der Waals surface area contributed by atoms with Gasteiger partial charge in [0, 0.05) is 12.3 Å². The summed E-state index contributed by atoms with van der Waals surface area (Å²) in [6, 6.07) is 11.0. The number of fused-ring (bicyclic) bond motifs is 1. The second kappa shape index (κ2) is 6.34. The zero-order valence-corrected chi connectivity index (χ0v) is 14.7. The van der Waals surface area contributed by atoms with Gasteiger partial charge < -0.3 is 13.8 Å². The highest BCUT2D eigenvalue weighted by Crippen LogP contribution is 2.31. The van der Waals surface area contributed by atoms with Gasteiger partial charge in [-0.2, -0.15) is 0 Å². The van der Waals surface area contributed by atoms with Gasteiger partial charge in [0.2, 0.25) is 0 Å². The molecule has 8 heteroatoms. The molecule has 0 amide bonds. The molecule has 4 aromatic rings. The molecule has 0 radical (unpaired) electrons. The van der Waals surface area contributed by atoms with Crippen LogP contribution in [0.5, 0.6) is 0 Å². The molecule has 0 saturated carbocycles. The lowest BCUT2D eigenvalue weighted by atomic mass is 10.3. The summed E-state index contributed by atoms with van der Waals surface area (Å²) in [6.07, 6.45) is 1.68. The van der Waals surface area contributed by atoms with Gasteiger partial charge in [-0.15, -0.1) is 11.3 Å². The van der Waals surface area contributed by atoms with E-state index in [1.165, 1.54) is 18.4 Å². The van der Waals surface area contributed by atoms with E-state index in [4.69, 9.17) is 20.9 Å². The molecule has 0 aliphatic heterocycles. The van der Waals surface area contributed by atoms with Crippen LogP contribution >= 0.6 is 22.9 Å². The maximum Gasteiger partial charge on any atom is 0.354 e. The fourth-order valence-electron chi connectivity index (χ4n) is 2.64. The maximum absolute atomic E-state index is 12.1. The van der Waals surface area contributed by atoms with E-state index in [1.54, 1.807) is 12.3 Å². The van der Waals surface area contributed by atoms with Crippen molar-refractivity contribution in [2.45, 2.75) is 6.54 Å². The van der Waals surface area contributed by atoms with Crippen LogP contribution in [-0.4, -0.2) is 27.8 Å². The quantitative estimate of drug-likeness (QED) is 0.500. The standard InChI is InChI=1S/C17H12ClN3O3S/c1-23-17(22)13-8-11-12(3-2-6-19-11)21(13)9-10-7-14(24-20-10)15-4-5-16(18)25-15/h2-8H,9H2,1H3. The van der Waals surface area contributed by atoms with Gasteiger partial charge in [0.25, 0.3) is 0 Å². The zero-order valence-electron chi connectivity index (χ0n) is 13.1. The molecular weight excluding hydrogens is 362 g/mol. The highest BCUT2D eigenvalue weighted by atomic mass is 35.5. The summed E-state index contributed by atoms with van der Waals surface area (Å²) < 4.78 is 12.8. The van der Waals surface area contributed by atoms with Crippen LogP contribution in [0.1, 0.15) is 16.2 Å². The number of nitrogens with zero attached hydrogens (tertiary/aromatic N) is 3. The number of hydrogen-bond acceptors (Lipinski definition) is 6. The Kier molecular flexibility index (Phi) is 4.03. The van der Waals surface area contributed by atoms with Crippen LogP contribution in [0, 0.1) is 0 Å². The van der Waals surface area contributed by atoms with E-state index in [-0.39, 0.29) is 0 Å². The van der Waals surface area contributed by atoms with Crippen LogP contribution in [0.2, 0.25) is 4.34 Å². The van der Waals surface area contributed by atoms with Gasteiger partial charge in [-0.1, -0.05) is 16.8 Å². The van der Waals surface area contributed by atoms with Gasteiger partial charge in [0.1, 0.15) is 11.4 Å². The fraction of sp³-hybridized carbons (Fsp3) is 0.118. The molecule has 4 rings (SSSR count). The summed E-state index contributed by atoms with van der Waals surface area (Å²) in [5.41, 5.74) is 2.65. The molecule has 0 aromatic carbocycles. The third kappa shape index (κ3) is 2.92. The van der Waals surface area contributed by atoms with Crippen molar-refractivity contribution in [3.8, 4) is 10.6 Å². The molecule has 4 heterocycles. The van der Waals surface area contributed by atoms with Crippen molar-refractivity contribution in [3.63, 3.8) is 0 Å². The van der Waals surface area contributed by atoms with Crippen LogP contribution < -0.4 is 0 Å².